The molecule has 1 heterocycles. The molecular weight excluding hydrogens is 291 g/mol. The summed E-state index contributed by atoms with van der Waals surface area (Å²) in [5.41, 5.74) is 1.73. The van der Waals surface area contributed by atoms with Gasteiger partial charge in [-0.15, -0.1) is 11.3 Å². The summed E-state index contributed by atoms with van der Waals surface area (Å²) in [6, 6.07) is 5.40. The van der Waals surface area contributed by atoms with Crippen LogP contribution in [0.3, 0.4) is 0 Å². The zero-order chi connectivity index (χ0) is 13.0. The molecular formula is C12H12Cl2N2OS. The lowest BCUT2D eigenvalue weighted by Crippen LogP contribution is -2.07. The third-order valence-corrected chi connectivity index (χ3v) is 3.64. The van der Waals surface area contributed by atoms with E-state index in [0.29, 0.717) is 16.7 Å². The molecule has 18 heavy (non-hydrogen) atoms. The Labute approximate surface area is 120 Å². The number of ether oxygens (including phenoxy) is 1. The smallest absolute Gasteiger partial charge is 0.183 e. The van der Waals surface area contributed by atoms with Gasteiger partial charge in [0.2, 0.25) is 0 Å². The van der Waals surface area contributed by atoms with E-state index in [9.17, 15) is 0 Å². The third kappa shape index (κ3) is 3.36. The third-order valence-electron chi connectivity index (χ3n) is 2.29. The van der Waals surface area contributed by atoms with E-state index in [0.717, 1.165) is 22.9 Å². The molecule has 0 atom stereocenters. The number of methoxy groups -OCH3 is 1. The highest BCUT2D eigenvalue weighted by molar-refractivity contribution is 7.14. The summed E-state index contributed by atoms with van der Waals surface area (Å²) in [6.07, 6.45) is 0. The predicted molar refractivity (Wildman–Crippen MR) is 77.9 cm³/mol. The molecule has 0 spiro atoms. The Morgan fingerprint density at radius 1 is 1.39 bits per heavy atom. The van der Waals surface area contributed by atoms with Gasteiger partial charge >= 0.3 is 0 Å². The van der Waals surface area contributed by atoms with Gasteiger partial charge in [-0.3, -0.25) is 0 Å². The molecule has 1 aromatic carbocycles. The van der Waals surface area contributed by atoms with Crippen LogP contribution in [0.4, 0.5) is 5.13 Å². The van der Waals surface area contributed by atoms with Crippen molar-refractivity contribution in [3.05, 3.63) is 33.6 Å². The SMILES string of the molecule is COCCNc1nc(-c2ccc(Cl)cc2Cl)cs1. The van der Waals surface area contributed by atoms with Gasteiger partial charge in [-0.2, -0.15) is 0 Å². The van der Waals surface area contributed by atoms with Crippen LogP contribution in [0.2, 0.25) is 10.0 Å². The van der Waals surface area contributed by atoms with E-state index in [1.165, 1.54) is 11.3 Å². The lowest BCUT2D eigenvalue weighted by molar-refractivity contribution is 0.211. The van der Waals surface area contributed by atoms with E-state index in [2.05, 4.69) is 10.3 Å². The fourth-order valence-corrected chi connectivity index (χ4v) is 2.68. The second-order valence-corrected chi connectivity index (χ2v) is 5.28. The van der Waals surface area contributed by atoms with E-state index >= 15 is 0 Å². The van der Waals surface area contributed by atoms with Crippen LogP contribution in [0.5, 0.6) is 0 Å². The van der Waals surface area contributed by atoms with Crippen molar-refractivity contribution in [2.24, 2.45) is 0 Å². The summed E-state index contributed by atoms with van der Waals surface area (Å²) in [6.45, 7) is 1.38. The number of nitrogens with zero attached hydrogens (tertiary/aromatic N) is 1. The Morgan fingerprint density at radius 2 is 2.22 bits per heavy atom. The van der Waals surface area contributed by atoms with Gasteiger partial charge in [0.15, 0.2) is 5.13 Å². The van der Waals surface area contributed by atoms with Crippen molar-refractivity contribution in [2.75, 3.05) is 25.6 Å². The Balaban J connectivity index is 2.13. The number of nitrogens with one attached hydrogen (secondary N) is 1. The molecule has 1 N–H and O–H groups in total. The Morgan fingerprint density at radius 3 is 2.94 bits per heavy atom. The fraction of sp³-hybridized carbons (Fsp3) is 0.250. The fourth-order valence-electron chi connectivity index (χ4n) is 1.44. The van der Waals surface area contributed by atoms with Crippen LogP contribution in [0, 0.1) is 0 Å². The zero-order valence-corrected chi connectivity index (χ0v) is 12.1. The molecule has 0 saturated carbocycles. The first-order valence-electron chi connectivity index (χ1n) is 5.34. The maximum Gasteiger partial charge on any atom is 0.183 e. The van der Waals surface area contributed by atoms with Gasteiger partial charge < -0.3 is 10.1 Å². The second kappa shape index (κ2) is 6.38. The number of hydrogen-bond donors (Lipinski definition) is 1. The first-order valence-corrected chi connectivity index (χ1v) is 6.98. The second-order valence-electron chi connectivity index (χ2n) is 3.58. The monoisotopic (exact) mass is 302 g/mol. The highest BCUT2D eigenvalue weighted by Crippen LogP contribution is 2.32. The maximum atomic E-state index is 6.14. The molecule has 0 radical (unpaired) electrons. The number of rotatable bonds is 5. The van der Waals surface area contributed by atoms with Crippen molar-refractivity contribution >= 4 is 39.7 Å². The van der Waals surface area contributed by atoms with E-state index in [1.807, 2.05) is 11.4 Å². The van der Waals surface area contributed by atoms with Crippen LogP contribution >= 0.6 is 34.5 Å². The van der Waals surface area contributed by atoms with E-state index in [1.54, 1.807) is 19.2 Å². The van der Waals surface area contributed by atoms with E-state index < -0.39 is 0 Å². The standard InChI is InChI=1S/C12H12Cl2N2OS/c1-17-5-4-15-12-16-11(7-18-12)9-3-2-8(13)6-10(9)14/h2-3,6-7H,4-5H2,1H3,(H,15,16). The molecule has 0 amide bonds. The Hall–Kier alpha value is -0.810. The zero-order valence-electron chi connectivity index (χ0n) is 9.74. The first kappa shape index (κ1) is 13.6. The van der Waals surface area contributed by atoms with Crippen LogP contribution in [0.1, 0.15) is 0 Å². The van der Waals surface area contributed by atoms with E-state index in [4.69, 9.17) is 27.9 Å². The summed E-state index contributed by atoms with van der Waals surface area (Å²) < 4.78 is 4.97. The van der Waals surface area contributed by atoms with Crippen molar-refractivity contribution < 1.29 is 4.74 Å². The van der Waals surface area contributed by atoms with Gasteiger partial charge in [-0.05, 0) is 18.2 Å². The number of thiazole rings is 1. The minimum Gasteiger partial charge on any atom is -0.383 e. The summed E-state index contributed by atoms with van der Waals surface area (Å²) >= 11 is 13.5. The van der Waals surface area contributed by atoms with Gasteiger partial charge in [0.05, 0.1) is 17.3 Å². The van der Waals surface area contributed by atoms with Crippen molar-refractivity contribution in [2.45, 2.75) is 0 Å². The Bertz CT molecular complexity index is 531. The minimum atomic E-state index is 0.608. The molecule has 2 rings (SSSR count). The largest absolute Gasteiger partial charge is 0.383 e. The normalized spacial score (nSPS) is 10.6. The van der Waals surface area contributed by atoms with Crippen molar-refractivity contribution in [1.82, 2.24) is 4.98 Å². The van der Waals surface area contributed by atoms with Crippen molar-refractivity contribution in [3.8, 4) is 11.3 Å². The van der Waals surface area contributed by atoms with E-state index in [-0.39, 0.29) is 0 Å². The molecule has 0 aliphatic rings. The number of hydrogen-bond acceptors (Lipinski definition) is 4. The van der Waals surface area contributed by atoms with Gasteiger partial charge in [-0.1, -0.05) is 23.2 Å². The molecule has 2 aromatic rings. The number of halogens is 2. The quantitative estimate of drug-likeness (QED) is 0.842. The molecule has 0 saturated heterocycles. The van der Waals surface area contributed by atoms with Gasteiger partial charge in [0, 0.05) is 29.6 Å². The van der Waals surface area contributed by atoms with Gasteiger partial charge in [0.1, 0.15) is 0 Å². The number of benzene rings is 1. The summed E-state index contributed by atoms with van der Waals surface area (Å²) in [4.78, 5) is 4.47. The molecule has 0 aliphatic carbocycles. The number of aromatic nitrogens is 1. The van der Waals surface area contributed by atoms with Gasteiger partial charge in [0.25, 0.3) is 0 Å². The average molecular weight is 303 g/mol. The van der Waals surface area contributed by atoms with Crippen molar-refractivity contribution in [3.63, 3.8) is 0 Å². The summed E-state index contributed by atoms with van der Waals surface area (Å²) in [7, 11) is 1.67. The van der Waals surface area contributed by atoms with Crippen LogP contribution < -0.4 is 5.32 Å². The van der Waals surface area contributed by atoms with Crippen LogP contribution in [0.25, 0.3) is 11.3 Å². The highest BCUT2D eigenvalue weighted by Gasteiger charge is 2.08. The molecule has 6 heteroatoms. The molecule has 96 valence electrons. The predicted octanol–water partition coefficient (Wildman–Crippen LogP) is 4.18. The lowest BCUT2D eigenvalue weighted by atomic mass is 10.2. The molecule has 1 aromatic heterocycles. The van der Waals surface area contributed by atoms with Crippen LogP contribution in [-0.4, -0.2) is 25.2 Å². The maximum absolute atomic E-state index is 6.14. The molecule has 0 bridgehead atoms. The highest BCUT2D eigenvalue weighted by atomic mass is 35.5. The first-order chi connectivity index (χ1) is 8.70. The Kier molecular flexibility index (Phi) is 4.83. The topological polar surface area (TPSA) is 34.1 Å². The van der Waals surface area contributed by atoms with Crippen LogP contribution in [-0.2, 0) is 4.74 Å². The summed E-state index contributed by atoms with van der Waals surface area (Å²) in [5.74, 6) is 0. The number of anilines is 1. The average Bonchev–Trinajstić information content (AvgIpc) is 2.78. The van der Waals surface area contributed by atoms with Crippen LogP contribution in [0.15, 0.2) is 23.6 Å². The molecule has 0 unspecified atom stereocenters. The van der Waals surface area contributed by atoms with Gasteiger partial charge in [-0.25, -0.2) is 4.98 Å². The molecule has 0 fully saturated rings. The molecule has 0 aliphatic heterocycles. The minimum absolute atomic E-state index is 0.608. The lowest BCUT2D eigenvalue weighted by Gasteiger charge is -2.02. The van der Waals surface area contributed by atoms with Crippen molar-refractivity contribution in [1.29, 1.82) is 0 Å². The summed E-state index contributed by atoms with van der Waals surface area (Å²) in [5, 5.41) is 7.23. The molecule has 3 nitrogen and oxygen atoms in total.